The molecular weight excluding hydrogens is 360 g/mol. The number of hydrogen-bond donors (Lipinski definition) is 2. The predicted octanol–water partition coefficient (Wildman–Crippen LogP) is 3.63. The Morgan fingerprint density at radius 2 is 2.24 bits per heavy atom. The third-order valence-corrected chi connectivity index (χ3v) is 4.75. The molecule has 0 atom stereocenters. The number of nitrogens with zero attached hydrogens (tertiary/aromatic N) is 4. The van der Waals surface area contributed by atoms with Crippen LogP contribution in [0.15, 0.2) is 63.0 Å². The van der Waals surface area contributed by atoms with Crippen molar-refractivity contribution in [2.45, 2.75) is 9.92 Å². The fourth-order valence-corrected chi connectivity index (χ4v) is 3.26. The Hall–Kier alpha value is -2.98. The zero-order valence-electron chi connectivity index (χ0n) is 12.7. The van der Waals surface area contributed by atoms with E-state index in [1.54, 1.807) is 17.6 Å². The van der Waals surface area contributed by atoms with Crippen molar-refractivity contribution in [3.05, 3.63) is 63.7 Å². The second-order valence-corrected chi connectivity index (χ2v) is 6.62. The largest absolute Gasteiger partial charge is 0.383 e. The first-order valence-electron chi connectivity index (χ1n) is 6.99. The van der Waals surface area contributed by atoms with Gasteiger partial charge in [-0.25, -0.2) is 9.97 Å². The van der Waals surface area contributed by atoms with Gasteiger partial charge in [0, 0.05) is 34.2 Å². The minimum absolute atomic E-state index is 0.00897. The number of thiazole rings is 1. The van der Waals surface area contributed by atoms with Crippen LogP contribution in [0, 0.1) is 10.1 Å². The molecule has 0 bridgehead atoms. The third kappa shape index (κ3) is 4.52. The first-order valence-corrected chi connectivity index (χ1v) is 8.69. The summed E-state index contributed by atoms with van der Waals surface area (Å²) in [4.78, 5) is 19.7. The maximum absolute atomic E-state index is 11.0. The van der Waals surface area contributed by atoms with Crippen molar-refractivity contribution in [1.29, 1.82) is 0 Å². The van der Waals surface area contributed by atoms with Gasteiger partial charge in [0.2, 0.25) is 5.13 Å². The van der Waals surface area contributed by atoms with Gasteiger partial charge in [-0.15, -0.1) is 11.3 Å². The number of nitro benzene ring substituents is 1. The summed E-state index contributed by atoms with van der Waals surface area (Å²) in [7, 11) is 0. The number of hydrogen-bond acceptors (Lipinski definition) is 9. The van der Waals surface area contributed by atoms with Crippen LogP contribution in [0.25, 0.3) is 0 Å². The lowest BCUT2D eigenvalue weighted by molar-refractivity contribution is -0.384. The van der Waals surface area contributed by atoms with Crippen molar-refractivity contribution in [3.8, 4) is 0 Å². The lowest BCUT2D eigenvalue weighted by Gasteiger charge is -2.05. The molecule has 3 rings (SSSR count). The summed E-state index contributed by atoms with van der Waals surface area (Å²) in [5, 5.41) is 18.1. The molecule has 3 N–H and O–H groups in total. The SMILES string of the molecule is Nc1csc(NN=Cc2cc([N+](=O)[O-])ccc2Sc2ccccn2)n1. The Kier molecular flexibility index (Phi) is 5.21. The molecule has 0 spiro atoms. The Morgan fingerprint density at radius 1 is 1.36 bits per heavy atom. The standard InChI is InChI=1S/C15H12N6O2S2/c16-13-9-24-15(19-13)20-18-8-10-7-11(21(22)23)4-5-12(10)25-14-3-1-2-6-17-14/h1-9H,16H2,(H,19,20). The van der Waals surface area contributed by atoms with E-state index in [0.29, 0.717) is 16.5 Å². The highest BCUT2D eigenvalue weighted by molar-refractivity contribution is 7.99. The Labute approximate surface area is 151 Å². The average Bonchev–Trinajstić information content (AvgIpc) is 3.02. The highest BCUT2D eigenvalue weighted by Crippen LogP contribution is 2.30. The molecule has 2 aromatic heterocycles. The zero-order chi connectivity index (χ0) is 17.6. The van der Waals surface area contributed by atoms with Crippen LogP contribution in [0.2, 0.25) is 0 Å². The second-order valence-electron chi connectivity index (χ2n) is 4.70. The number of nitrogen functional groups attached to an aromatic ring is 1. The van der Waals surface area contributed by atoms with Gasteiger partial charge in [-0.1, -0.05) is 17.8 Å². The molecule has 0 aliphatic rings. The molecule has 0 aliphatic heterocycles. The van der Waals surface area contributed by atoms with Crippen LogP contribution < -0.4 is 11.2 Å². The fraction of sp³-hybridized carbons (Fsp3) is 0. The number of nitrogens with two attached hydrogens (primary N) is 1. The number of non-ortho nitro benzene ring substituents is 1. The zero-order valence-corrected chi connectivity index (χ0v) is 14.3. The van der Waals surface area contributed by atoms with E-state index in [2.05, 4.69) is 20.5 Å². The monoisotopic (exact) mass is 372 g/mol. The quantitative estimate of drug-likeness (QED) is 0.385. The molecule has 0 radical (unpaired) electrons. The van der Waals surface area contributed by atoms with E-state index in [4.69, 9.17) is 5.73 Å². The van der Waals surface area contributed by atoms with Gasteiger partial charge >= 0.3 is 0 Å². The van der Waals surface area contributed by atoms with Gasteiger partial charge in [0.25, 0.3) is 5.69 Å². The number of nitrogens with one attached hydrogen (secondary N) is 1. The van der Waals surface area contributed by atoms with Crippen molar-refractivity contribution in [2.24, 2.45) is 5.10 Å². The van der Waals surface area contributed by atoms with Crippen molar-refractivity contribution in [3.63, 3.8) is 0 Å². The van der Waals surface area contributed by atoms with Crippen molar-refractivity contribution in [1.82, 2.24) is 9.97 Å². The van der Waals surface area contributed by atoms with Crippen LogP contribution >= 0.6 is 23.1 Å². The molecule has 8 nitrogen and oxygen atoms in total. The Morgan fingerprint density at radius 3 is 2.92 bits per heavy atom. The highest BCUT2D eigenvalue weighted by atomic mass is 32.2. The molecule has 0 unspecified atom stereocenters. The fourth-order valence-electron chi connectivity index (χ4n) is 1.86. The van der Waals surface area contributed by atoms with Gasteiger partial charge in [-0.2, -0.15) is 5.10 Å². The number of nitro groups is 1. The maximum atomic E-state index is 11.0. The van der Waals surface area contributed by atoms with Gasteiger partial charge in [0.05, 0.1) is 11.1 Å². The minimum atomic E-state index is -0.443. The van der Waals surface area contributed by atoms with Crippen LogP contribution in [-0.4, -0.2) is 21.1 Å². The lowest BCUT2D eigenvalue weighted by atomic mass is 10.2. The molecule has 0 aliphatic carbocycles. The minimum Gasteiger partial charge on any atom is -0.383 e. The molecule has 126 valence electrons. The topological polar surface area (TPSA) is 119 Å². The Balaban J connectivity index is 1.85. The second kappa shape index (κ2) is 7.73. The molecule has 0 amide bonds. The molecule has 3 aromatic rings. The Bertz CT molecular complexity index is 913. The molecule has 10 heteroatoms. The van der Waals surface area contributed by atoms with Gasteiger partial charge in [0.1, 0.15) is 10.8 Å². The van der Waals surface area contributed by atoms with Crippen molar-refractivity contribution >= 4 is 46.0 Å². The van der Waals surface area contributed by atoms with Crippen LogP contribution in [0.5, 0.6) is 0 Å². The first-order chi connectivity index (χ1) is 12.1. The summed E-state index contributed by atoms with van der Waals surface area (Å²) in [6, 6.07) is 10.2. The molecule has 0 saturated carbocycles. The predicted molar refractivity (Wildman–Crippen MR) is 99.2 cm³/mol. The van der Waals surface area contributed by atoms with E-state index in [1.807, 2.05) is 18.2 Å². The molecular formula is C15H12N6O2S2. The van der Waals surface area contributed by atoms with E-state index >= 15 is 0 Å². The van der Waals surface area contributed by atoms with E-state index in [1.165, 1.54) is 41.4 Å². The van der Waals surface area contributed by atoms with Crippen LogP contribution in [0.4, 0.5) is 16.6 Å². The van der Waals surface area contributed by atoms with E-state index < -0.39 is 4.92 Å². The number of aromatic nitrogens is 2. The molecule has 1 aromatic carbocycles. The smallest absolute Gasteiger partial charge is 0.270 e. The van der Waals surface area contributed by atoms with Crippen LogP contribution in [-0.2, 0) is 0 Å². The highest BCUT2D eigenvalue weighted by Gasteiger charge is 2.11. The summed E-state index contributed by atoms with van der Waals surface area (Å²) in [5.74, 6) is 0.407. The van der Waals surface area contributed by atoms with Crippen LogP contribution in [0.1, 0.15) is 5.56 Å². The summed E-state index contributed by atoms with van der Waals surface area (Å²) >= 11 is 2.71. The molecule has 2 heterocycles. The van der Waals surface area contributed by atoms with E-state index in [9.17, 15) is 10.1 Å². The molecule has 0 fully saturated rings. The normalized spacial score (nSPS) is 10.9. The van der Waals surface area contributed by atoms with Gasteiger partial charge in [-0.3, -0.25) is 15.5 Å². The number of rotatable bonds is 6. The van der Waals surface area contributed by atoms with Gasteiger partial charge in [-0.05, 0) is 18.2 Å². The number of anilines is 2. The maximum Gasteiger partial charge on any atom is 0.270 e. The third-order valence-electron chi connectivity index (χ3n) is 2.94. The van der Waals surface area contributed by atoms with Gasteiger partial charge in [0.15, 0.2) is 0 Å². The summed E-state index contributed by atoms with van der Waals surface area (Å²) in [6.07, 6.45) is 3.20. The lowest BCUT2D eigenvalue weighted by Crippen LogP contribution is -1.95. The number of benzene rings is 1. The summed E-state index contributed by atoms with van der Waals surface area (Å²) in [5.41, 5.74) is 8.89. The van der Waals surface area contributed by atoms with Gasteiger partial charge < -0.3 is 5.73 Å². The van der Waals surface area contributed by atoms with Crippen molar-refractivity contribution in [2.75, 3.05) is 11.2 Å². The number of pyridine rings is 1. The van der Waals surface area contributed by atoms with Crippen LogP contribution in [0.3, 0.4) is 0 Å². The molecule has 25 heavy (non-hydrogen) atoms. The average molecular weight is 372 g/mol. The first kappa shape index (κ1) is 16.9. The van der Waals surface area contributed by atoms with Crippen molar-refractivity contribution < 1.29 is 4.92 Å². The summed E-state index contributed by atoms with van der Waals surface area (Å²) < 4.78 is 0. The van der Waals surface area contributed by atoms with E-state index in [-0.39, 0.29) is 5.69 Å². The van der Waals surface area contributed by atoms with E-state index in [0.717, 1.165) is 9.92 Å². The number of hydrazone groups is 1. The summed E-state index contributed by atoms with van der Waals surface area (Å²) in [6.45, 7) is 0. The molecule has 0 saturated heterocycles.